The van der Waals surface area contributed by atoms with Crippen molar-refractivity contribution in [2.45, 2.75) is 6.42 Å². The van der Waals surface area contributed by atoms with Crippen molar-refractivity contribution in [3.8, 4) is 17.9 Å². The average Bonchev–Trinajstić information content (AvgIpc) is 2.26. The van der Waals surface area contributed by atoms with Gasteiger partial charge in [-0.05, 0) is 25.2 Å². The Morgan fingerprint density at radius 1 is 1.47 bits per heavy atom. The Bertz CT molecular complexity index is 435. The standard InChI is InChI=1S/C12H11ClN2/c1-15-7-3-2-4-10-5-6-12(13)11(8-10)9-14/h5-6,8,15H,3,7H2,1H3. The molecule has 0 amide bonds. The smallest absolute Gasteiger partial charge is 0.101 e. The van der Waals surface area contributed by atoms with Gasteiger partial charge in [-0.25, -0.2) is 0 Å². The molecule has 0 heterocycles. The van der Waals surface area contributed by atoms with Gasteiger partial charge in [0.2, 0.25) is 0 Å². The van der Waals surface area contributed by atoms with Crippen LogP contribution < -0.4 is 5.32 Å². The molecular formula is C12H11ClN2. The molecule has 0 aliphatic heterocycles. The summed E-state index contributed by atoms with van der Waals surface area (Å²) in [6.07, 6.45) is 0.793. The summed E-state index contributed by atoms with van der Waals surface area (Å²) < 4.78 is 0. The Labute approximate surface area is 94.9 Å². The SMILES string of the molecule is CNCCC#Cc1ccc(Cl)c(C#N)c1. The number of hydrogen-bond donors (Lipinski definition) is 1. The Hall–Kier alpha value is -1.48. The van der Waals surface area contributed by atoms with Gasteiger partial charge in [0.25, 0.3) is 0 Å². The predicted molar refractivity (Wildman–Crippen MR) is 61.6 cm³/mol. The summed E-state index contributed by atoms with van der Waals surface area (Å²) in [7, 11) is 1.89. The van der Waals surface area contributed by atoms with Gasteiger partial charge in [-0.2, -0.15) is 5.26 Å². The van der Waals surface area contributed by atoms with E-state index in [2.05, 4.69) is 17.2 Å². The van der Waals surface area contributed by atoms with E-state index in [0.717, 1.165) is 18.5 Å². The number of benzene rings is 1. The van der Waals surface area contributed by atoms with Crippen molar-refractivity contribution in [3.05, 3.63) is 34.3 Å². The molecule has 0 spiro atoms. The van der Waals surface area contributed by atoms with Crippen molar-refractivity contribution >= 4 is 11.6 Å². The highest BCUT2D eigenvalue weighted by Gasteiger charge is 1.98. The molecule has 0 atom stereocenters. The maximum Gasteiger partial charge on any atom is 0.101 e. The number of nitrogens with zero attached hydrogens (tertiary/aromatic N) is 1. The molecule has 1 rings (SSSR count). The second kappa shape index (κ2) is 6.09. The fourth-order valence-corrected chi connectivity index (χ4v) is 1.20. The van der Waals surface area contributed by atoms with Crippen LogP contribution in [-0.4, -0.2) is 13.6 Å². The van der Waals surface area contributed by atoms with Crippen molar-refractivity contribution in [1.82, 2.24) is 5.32 Å². The van der Waals surface area contributed by atoms with Crippen molar-refractivity contribution in [2.24, 2.45) is 0 Å². The zero-order valence-corrected chi connectivity index (χ0v) is 9.23. The Morgan fingerprint density at radius 2 is 2.27 bits per heavy atom. The fraction of sp³-hybridized carbons (Fsp3) is 0.250. The highest BCUT2D eigenvalue weighted by molar-refractivity contribution is 6.31. The maximum atomic E-state index is 8.76. The van der Waals surface area contributed by atoms with E-state index < -0.39 is 0 Å². The summed E-state index contributed by atoms with van der Waals surface area (Å²) in [4.78, 5) is 0. The highest BCUT2D eigenvalue weighted by atomic mass is 35.5. The first-order valence-corrected chi connectivity index (χ1v) is 4.99. The number of nitrogens with one attached hydrogen (secondary N) is 1. The van der Waals surface area contributed by atoms with Crippen LogP contribution in [0, 0.1) is 23.2 Å². The van der Waals surface area contributed by atoms with Crippen molar-refractivity contribution < 1.29 is 0 Å². The molecule has 15 heavy (non-hydrogen) atoms. The third-order valence-electron chi connectivity index (χ3n) is 1.82. The van der Waals surface area contributed by atoms with E-state index in [0.29, 0.717) is 10.6 Å². The average molecular weight is 219 g/mol. The third kappa shape index (κ3) is 3.64. The molecular weight excluding hydrogens is 208 g/mol. The minimum absolute atomic E-state index is 0.470. The van der Waals surface area contributed by atoms with Gasteiger partial charge in [-0.3, -0.25) is 0 Å². The molecule has 1 aromatic carbocycles. The van der Waals surface area contributed by atoms with E-state index in [1.165, 1.54) is 0 Å². The van der Waals surface area contributed by atoms with Crippen LogP contribution in [0.3, 0.4) is 0 Å². The highest BCUT2D eigenvalue weighted by Crippen LogP contribution is 2.15. The molecule has 0 unspecified atom stereocenters. The van der Waals surface area contributed by atoms with E-state index in [4.69, 9.17) is 16.9 Å². The van der Waals surface area contributed by atoms with Gasteiger partial charge in [-0.15, -0.1) is 0 Å². The number of rotatable bonds is 2. The Kier molecular flexibility index (Phi) is 4.71. The monoisotopic (exact) mass is 218 g/mol. The minimum atomic E-state index is 0.470. The van der Waals surface area contributed by atoms with Crippen LogP contribution in [0.15, 0.2) is 18.2 Å². The summed E-state index contributed by atoms with van der Waals surface area (Å²) in [5.74, 6) is 5.99. The van der Waals surface area contributed by atoms with Crippen LogP contribution in [0.5, 0.6) is 0 Å². The molecule has 0 radical (unpaired) electrons. The fourth-order valence-electron chi connectivity index (χ4n) is 1.04. The summed E-state index contributed by atoms with van der Waals surface area (Å²) in [6, 6.07) is 7.24. The second-order valence-electron chi connectivity index (χ2n) is 2.96. The number of hydrogen-bond acceptors (Lipinski definition) is 2. The molecule has 0 saturated heterocycles. The van der Waals surface area contributed by atoms with Crippen molar-refractivity contribution in [3.63, 3.8) is 0 Å². The Morgan fingerprint density at radius 3 is 2.93 bits per heavy atom. The third-order valence-corrected chi connectivity index (χ3v) is 2.15. The summed E-state index contributed by atoms with van der Waals surface area (Å²) >= 11 is 5.80. The lowest BCUT2D eigenvalue weighted by Gasteiger charge is -1.95. The normalized spacial score (nSPS) is 8.87. The van der Waals surface area contributed by atoms with Crippen LogP contribution in [0.1, 0.15) is 17.5 Å². The number of nitriles is 1. The van der Waals surface area contributed by atoms with Gasteiger partial charge in [0, 0.05) is 18.5 Å². The zero-order chi connectivity index (χ0) is 11.1. The zero-order valence-electron chi connectivity index (χ0n) is 8.47. The molecule has 1 aromatic rings. The van der Waals surface area contributed by atoms with Gasteiger partial charge in [0.15, 0.2) is 0 Å². The van der Waals surface area contributed by atoms with E-state index in [-0.39, 0.29) is 0 Å². The van der Waals surface area contributed by atoms with Crippen molar-refractivity contribution in [1.29, 1.82) is 5.26 Å². The van der Waals surface area contributed by atoms with Gasteiger partial charge >= 0.3 is 0 Å². The number of halogens is 1. The summed E-state index contributed by atoms with van der Waals surface area (Å²) in [5.41, 5.74) is 1.30. The van der Waals surface area contributed by atoms with E-state index in [1.807, 2.05) is 19.2 Å². The lowest BCUT2D eigenvalue weighted by molar-refractivity contribution is 0.818. The van der Waals surface area contributed by atoms with Gasteiger partial charge in [-0.1, -0.05) is 23.4 Å². The van der Waals surface area contributed by atoms with E-state index in [9.17, 15) is 0 Å². The molecule has 0 aromatic heterocycles. The van der Waals surface area contributed by atoms with Crippen LogP contribution in [0.25, 0.3) is 0 Å². The lowest BCUT2D eigenvalue weighted by Crippen LogP contribution is -2.05. The molecule has 0 bridgehead atoms. The van der Waals surface area contributed by atoms with Gasteiger partial charge in [0.1, 0.15) is 6.07 Å². The first kappa shape index (κ1) is 11.6. The second-order valence-corrected chi connectivity index (χ2v) is 3.37. The lowest BCUT2D eigenvalue weighted by atomic mass is 10.1. The van der Waals surface area contributed by atoms with Crippen LogP contribution in [-0.2, 0) is 0 Å². The van der Waals surface area contributed by atoms with Crippen LogP contribution in [0.4, 0.5) is 0 Å². The molecule has 0 aliphatic carbocycles. The maximum absolute atomic E-state index is 8.76. The first-order valence-electron chi connectivity index (χ1n) is 4.61. The molecule has 1 N–H and O–H groups in total. The van der Waals surface area contributed by atoms with E-state index >= 15 is 0 Å². The topological polar surface area (TPSA) is 35.8 Å². The molecule has 0 saturated carbocycles. The van der Waals surface area contributed by atoms with Crippen molar-refractivity contribution in [2.75, 3.05) is 13.6 Å². The minimum Gasteiger partial charge on any atom is -0.319 e. The molecule has 0 fully saturated rings. The van der Waals surface area contributed by atoms with Gasteiger partial charge in [0.05, 0.1) is 10.6 Å². The summed E-state index contributed by atoms with van der Waals surface area (Å²) in [5, 5.41) is 12.2. The van der Waals surface area contributed by atoms with Crippen LogP contribution in [0.2, 0.25) is 5.02 Å². The first-order chi connectivity index (χ1) is 7.27. The molecule has 2 nitrogen and oxygen atoms in total. The van der Waals surface area contributed by atoms with E-state index in [1.54, 1.807) is 12.1 Å². The van der Waals surface area contributed by atoms with Crippen LogP contribution >= 0.6 is 11.6 Å². The molecule has 3 heteroatoms. The quantitative estimate of drug-likeness (QED) is 0.610. The summed E-state index contributed by atoms with van der Waals surface area (Å²) in [6.45, 7) is 0.867. The molecule has 0 aliphatic rings. The van der Waals surface area contributed by atoms with Gasteiger partial charge < -0.3 is 5.32 Å². The predicted octanol–water partition coefficient (Wildman–Crippen LogP) is 2.17. The molecule has 76 valence electrons. The Balaban J connectivity index is 2.78. The largest absolute Gasteiger partial charge is 0.319 e.